The molecule has 36 valence electrons. The minimum Gasteiger partial charge on any atom is -0.326 e. The Morgan fingerprint density at radius 3 is 2.62 bits per heavy atom. The largest absolute Gasteiger partial charge is 1.00 e. The van der Waals surface area contributed by atoms with E-state index >= 15 is 0 Å². The third-order valence-corrected chi connectivity index (χ3v) is 0.578. The minimum atomic E-state index is -0.164. The van der Waals surface area contributed by atoms with Crippen LogP contribution in [0.4, 0.5) is 0 Å². The van der Waals surface area contributed by atoms with Crippen molar-refractivity contribution in [3.8, 4) is 0 Å². The van der Waals surface area contributed by atoms with Crippen LogP contribution in [0.2, 0.25) is 0 Å². The summed E-state index contributed by atoms with van der Waals surface area (Å²) >= 11 is 0. The van der Waals surface area contributed by atoms with Crippen molar-refractivity contribution in [3.05, 3.63) is 28.9 Å². The first kappa shape index (κ1) is 7.88. The first-order valence-corrected chi connectivity index (χ1v) is 1.88. The van der Waals surface area contributed by atoms with Gasteiger partial charge in [0.2, 0.25) is 0 Å². The quantitative estimate of drug-likeness (QED) is 0.365. The molecule has 3 nitrogen and oxygen atoms in total. The molecular weight excluding hydrogens is 115 g/mol. The fraction of sp³-hybridized carbons (Fsp3) is 0. The average molecular weight is 119 g/mol. The Labute approximate surface area is 68.4 Å². The second-order valence-corrected chi connectivity index (χ2v) is 1.10. The summed E-state index contributed by atoms with van der Waals surface area (Å²) in [6.45, 7) is 0. The van der Waals surface area contributed by atoms with E-state index in [2.05, 4.69) is 9.97 Å². The molecule has 0 fully saturated rings. The molecule has 1 aromatic heterocycles. The second kappa shape index (κ2) is 3.83. The summed E-state index contributed by atoms with van der Waals surface area (Å²) in [5, 5.41) is 0. The van der Waals surface area contributed by atoms with Crippen LogP contribution in [0.1, 0.15) is 0 Å². The Bertz CT molecular complexity index is 180. The fourth-order valence-corrected chi connectivity index (χ4v) is 0.310. The Morgan fingerprint density at radius 2 is 2.38 bits per heavy atom. The van der Waals surface area contributed by atoms with Crippen LogP contribution in [0.5, 0.6) is 0 Å². The van der Waals surface area contributed by atoms with Crippen LogP contribution >= 0.6 is 0 Å². The number of H-pyrrole nitrogens is 1. The van der Waals surface area contributed by atoms with Gasteiger partial charge in [-0.25, -0.2) is 0 Å². The number of hydrogen-bond acceptors (Lipinski definition) is 2. The molecule has 0 unspecified atom stereocenters. The van der Waals surface area contributed by atoms with E-state index in [1.54, 1.807) is 0 Å². The van der Waals surface area contributed by atoms with Crippen molar-refractivity contribution < 1.29 is 29.6 Å². The van der Waals surface area contributed by atoms with Crippen LogP contribution in [-0.2, 0) is 0 Å². The third kappa shape index (κ3) is 2.26. The zero-order chi connectivity index (χ0) is 5.11. The Balaban J connectivity index is 0.000000490. The minimum absolute atomic E-state index is 0. The number of hydrogen-bond donors (Lipinski definition) is 1. The predicted molar refractivity (Wildman–Crippen MR) is 24.9 cm³/mol. The van der Waals surface area contributed by atoms with E-state index < -0.39 is 0 Å². The van der Waals surface area contributed by atoms with Crippen LogP contribution in [0.3, 0.4) is 0 Å². The SMILES string of the molecule is O=c1cncc[nH]1.[Na+]. The van der Waals surface area contributed by atoms with Crippen LogP contribution in [0.25, 0.3) is 0 Å². The van der Waals surface area contributed by atoms with Crippen molar-refractivity contribution in [2.24, 2.45) is 0 Å². The van der Waals surface area contributed by atoms with Gasteiger partial charge in [0.25, 0.3) is 5.56 Å². The molecule has 1 heterocycles. The standard InChI is InChI=1S/C4H4N2O.Na/c7-4-3-5-1-2-6-4;/h1-3H,(H,6,7);/q;+1. The Kier molecular flexibility index (Phi) is 3.77. The molecule has 1 rings (SSSR count). The normalized spacial score (nSPS) is 7.50. The van der Waals surface area contributed by atoms with Crippen LogP contribution in [0, 0.1) is 0 Å². The summed E-state index contributed by atoms with van der Waals surface area (Å²) in [4.78, 5) is 16.1. The fourth-order valence-electron chi connectivity index (χ4n) is 0.310. The van der Waals surface area contributed by atoms with E-state index in [0.29, 0.717) is 0 Å². The molecule has 0 aliphatic carbocycles. The summed E-state index contributed by atoms with van der Waals surface area (Å²) in [5.74, 6) is 0. The second-order valence-electron chi connectivity index (χ2n) is 1.10. The molecule has 0 aliphatic heterocycles. The molecule has 0 aromatic carbocycles. The topological polar surface area (TPSA) is 45.8 Å². The smallest absolute Gasteiger partial charge is 0.326 e. The molecule has 0 bridgehead atoms. The monoisotopic (exact) mass is 119 g/mol. The molecule has 4 heteroatoms. The van der Waals surface area contributed by atoms with Crippen molar-refractivity contribution in [2.45, 2.75) is 0 Å². The molecule has 0 spiro atoms. The summed E-state index contributed by atoms with van der Waals surface area (Å²) in [7, 11) is 0. The Hall–Kier alpha value is -0.120. The van der Waals surface area contributed by atoms with Crippen molar-refractivity contribution >= 4 is 0 Å². The molecule has 0 atom stereocenters. The molecule has 0 aliphatic rings. The van der Waals surface area contributed by atoms with Gasteiger partial charge in [0, 0.05) is 12.4 Å². The molecule has 0 amide bonds. The maximum absolute atomic E-state index is 10.2. The summed E-state index contributed by atoms with van der Waals surface area (Å²) < 4.78 is 0. The maximum atomic E-state index is 10.2. The van der Waals surface area contributed by atoms with Crippen molar-refractivity contribution in [2.75, 3.05) is 0 Å². The molecule has 1 N–H and O–H groups in total. The van der Waals surface area contributed by atoms with Gasteiger partial charge in [-0.2, -0.15) is 0 Å². The summed E-state index contributed by atoms with van der Waals surface area (Å²) in [6.07, 6.45) is 4.23. The van der Waals surface area contributed by atoms with Crippen molar-refractivity contribution in [3.63, 3.8) is 0 Å². The van der Waals surface area contributed by atoms with Crippen LogP contribution in [-0.4, -0.2) is 9.97 Å². The van der Waals surface area contributed by atoms with Gasteiger partial charge < -0.3 is 4.98 Å². The first-order chi connectivity index (χ1) is 3.39. The van der Waals surface area contributed by atoms with Gasteiger partial charge in [0.15, 0.2) is 0 Å². The molecule has 0 saturated heterocycles. The van der Waals surface area contributed by atoms with Gasteiger partial charge in [-0.15, -0.1) is 0 Å². The first-order valence-electron chi connectivity index (χ1n) is 1.88. The van der Waals surface area contributed by atoms with Crippen LogP contribution < -0.4 is 35.1 Å². The number of aromatic amines is 1. The van der Waals surface area contributed by atoms with Crippen molar-refractivity contribution in [1.82, 2.24) is 9.97 Å². The van der Waals surface area contributed by atoms with Gasteiger partial charge in [-0.3, -0.25) is 9.78 Å². The molecule has 1 aromatic rings. The van der Waals surface area contributed by atoms with Gasteiger partial charge in [0.05, 0.1) is 6.20 Å². The number of rotatable bonds is 0. The van der Waals surface area contributed by atoms with Gasteiger partial charge >= 0.3 is 29.6 Å². The van der Waals surface area contributed by atoms with E-state index in [-0.39, 0.29) is 35.1 Å². The van der Waals surface area contributed by atoms with E-state index in [4.69, 9.17) is 0 Å². The predicted octanol–water partition coefficient (Wildman–Crippen LogP) is -3.23. The van der Waals surface area contributed by atoms with Gasteiger partial charge in [0.1, 0.15) is 0 Å². The summed E-state index contributed by atoms with van der Waals surface area (Å²) in [5.41, 5.74) is -0.164. The average Bonchev–Trinajstić information content (AvgIpc) is 1.69. The molecule has 0 radical (unpaired) electrons. The molecule has 8 heavy (non-hydrogen) atoms. The van der Waals surface area contributed by atoms with E-state index in [0.717, 1.165) is 0 Å². The van der Waals surface area contributed by atoms with Gasteiger partial charge in [-0.05, 0) is 0 Å². The Morgan fingerprint density at radius 1 is 1.62 bits per heavy atom. The number of nitrogens with one attached hydrogen (secondary N) is 1. The summed E-state index contributed by atoms with van der Waals surface area (Å²) in [6, 6.07) is 0. The van der Waals surface area contributed by atoms with E-state index in [9.17, 15) is 4.79 Å². The zero-order valence-corrected chi connectivity index (χ0v) is 6.59. The maximum Gasteiger partial charge on any atom is 1.00 e. The van der Waals surface area contributed by atoms with E-state index in [1.165, 1.54) is 18.6 Å². The number of nitrogens with zero attached hydrogens (tertiary/aromatic N) is 1. The molecule has 0 saturated carbocycles. The van der Waals surface area contributed by atoms with Gasteiger partial charge in [-0.1, -0.05) is 0 Å². The van der Waals surface area contributed by atoms with Crippen LogP contribution in [0.15, 0.2) is 23.4 Å². The third-order valence-electron chi connectivity index (χ3n) is 0.578. The van der Waals surface area contributed by atoms with E-state index in [1.807, 2.05) is 0 Å². The molecular formula is C4H4N2NaO+. The zero-order valence-electron chi connectivity index (χ0n) is 4.59. The van der Waals surface area contributed by atoms with Crippen molar-refractivity contribution in [1.29, 1.82) is 0 Å². The number of aromatic nitrogens is 2.